The number of hydrogen-bond acceptors (Lipinski definition) is 2. The van der Waals surface area contributed by atoms with Gasteiger partial charge in [-0.1, -0.05) is 28.1 Å². The van der Waals surface area contributed by atoms with Crippen LogP contribution in [-0.4, -0.2) is 17.8 Å². The molecule has 0 radical (unpaired) electrons. The Hall–Kier alpha value is -0.380. The third-order valence-corrected chi connectivity index (χ3v) is 2.15. The lowest BCUT2D eigenvalue weighted by molar-refractivity contribution is 0.191. The normalized spacial score (nSPS) is 12.8. The molecule has 2 nitrogen and oxygen atoms in total. The second-order valence-corrected chi connectivity index (χ2v) is 4.03. The SMILES string of the molecule is C[C@@H](O)CNCc1cccc(Br)c1. The number of aliphatic hydroxyl groups is 1. The molecule has 0 fully saturated rings. The van der Waals surface area contributed by atoms with Crippen molar-refractivity contribution in [2.24, 2.45) is 0 Å². The van der Waals surface area contributed by atoms with E-state index in [0.29, 0.717) is 6.54 Å². The maximum Gasteiger partial charge on any atom is 0.0636 e. The molecule has 0 aliphatic carbocycles. The van der Waals surface area contributed by atoms with Gasteiger partial charge in [0.2, 0.25) is 0 Å². The number of halogens is 1. The Balaban J connectivity index is 2.37. The molecule has 1 rings (SSSR count). The average molecular weight is 244 g/mol. The number of hydrogen-bond donors (Lipinski definition) is 2. The van der Waals surface area contributed by atoms with Gasteiger partial charge in [-0.2, -0.15) is 0 Å². The summed E-state index contributed by atoms with van der Waals surface area (Å²) in [6.07, 6.45) is -0.285. The van der Waals surface area contributed by atoms with Gasteiger partial charge in [0.25, 0.3) is 0 Å². The smallest absolute Gasteiger partial charge is 0.0636 e. The van der Waals surface area contributed by atoms with E-state index in [1.54, 1.807) is 6.92 Å². The van der Waals surface area contributed by atoms with E-state index >= 15 is 0 Å². The molecule has 0 saturated heterocycles. The van der Waals surface area contributed by atoms with Gasteiger partial charge in [-0.25, -0.2) is 0 Å². The summed E-state index contributed by atoms with van der Waals surface area (Å²) in [6.45, 7) is 3.20. The van der Waals surface area contributed by atoms with Crippen LogP contribution in [0.2, 0.25) is 0 Å². The van der Waals surface area contributed by atoms with Gasteiger partial charge in [0, 0.05) is 17.6 Å². The Labute approximate surface area is 87.1 Å². The first kappa shape index (κ1) is 10.7. The molecule has 1 atom stereocenters. The van der Waals surface area contributed by atoms with Gasteiger partial charge in [0.15, 0.2) is 0 Å². The Bertz CT molecular complexity index is 263. The van der Waals surface area contributed by atoms with E-state index in [-0.39, 0.29) is 6.10 Å². The Morgan fingerprint density at radius 3 is 2.92 bits per heavy atom. The Kier molecular flexibility index (Phi) is 4.42. The summed E-state index contributed by atoms with van der Waals surface area (Å²) in [4.78, 5) is 0. The lowest BCUT2D eigenvalue weighted by Crippen LogP contribution is -2.23. The van der Waals surface area contributed by atoms with Gasteiger partial charge < -0.3 is 10.4 Å². The zero-order valence-corrected chi connectivity index (χ0v) is 9.21. The lowest BCUT2D eigenvalue weighted by Gasteiger charge is -2.06. The van der Waals surface area contributed by atoms with Gasteiger partial charge in [-0.15, -0.1) is 0 Å². The summed E-state index contributed by atoms with van der Waals surface area (Å²) >= 11 is 3.41. The predicted molar refractivity (Wildman–Crippen MR) is 57.5 cm³/mol. The maximum absolute atomic E-state index is 9.01. The lowest BCUT2D eigenvalue weighted by atomic mass is 10.2. The second kappa shape index (κ2) is 5.37. The third kappa shape index (κ3) is 4.41. The molecule has 0 unspecified atom stereocenters. The molecule has 0 aliphatic heterocycles. The van der Waals surface area contributed by atoms with Crippen molar-refractivity contribution in [1.29, 1.82) is 0 Å². The summed E-state index contributed by atoms with van der Waals surface area (Å²) in [5.41, 5.74) is 1.22. The maximum atomic E-state index is 9.01. The highest BCUT2D eigenvalue weighted by Gasteiger charge is 1.96. The van der Waals surface area contributed by atoms with E-state index in [1.165, 1.54) is 5.56 Å². The van der Waals surface area contributed by atoms with Crippen LogP contribution < -0.4 is 5.32 Å². The van der Waals surface area contributed by atoms with Crippen LogP contribution in [0, 0.1) is 0 Å². The molecule has 0 aromatic heterocycles. The Morgan fingerprint density at radius 2 is 2.31 bits per heavy atom. The standard InChI is InChI=1S/C10H14BrNO/c1-8(13)6-12-7-9-3-2-4-10(11)5-9/h2-5,8,12-13H,6-7H2,1H3/t8-/m1/s1. The van der Waals surface area contributed by atoms with Crippen molar-refractivity contribution < 1.29 is 5.11 Å². The van der Waals surface area contributed by atoms with Crippen molar-refractivity contribution in [3.63, 3.8) is 0 Å². The van der Waals surface area contributed by atoms with Crippen LogP contribution in [0.1, 0.15) is 12.5 Å². The molecule has 1 aromatic carbocycles. The third-order valence-electron chi connectivity index (χ3n) is 1.66. The van der Waals surface area contributed by atoms with E-state index in [4.69, 9.17) is 5.11 Å². The Morgan fingerprint density at radius 1 is 1.54 bits per heavy atom. The van der Waals surface area contributed by atoms with Crippen molar-refractivity contribution in [2.75, 3.05) is 6.54 Å². The predicted octanol–water partition coefficient (Wildman–Crippen LogP) is 1.92. The van der Waals surface area contributed by atoms with Crippen LogP contribution >= 0.6 is 15.9 Å². The topological polar surface area (TPSA) is 32.3 Å². The monoisotopic (exact) mass is 243 g/mol. The van der Waals surface area contributed by atoms with E-state index in [1.807, 2.05) is 12.1 Å². The molecule has 3 heteroatoms. The molecular formula is C10H14BrNO. The molecule has 0 aliphatic rings. The first-order chi connectivity index (χ1) is 6.18. The van der Waals surface area contributed by atoms with Crippen LogP contribution in [-0.2, 0) is 6.54 Å². The number of benzene rings is 1. The zero-order chi connectivity index (χ0) is 9.68. The minimum atomic E-state index is -0.285. The molecule has 13 heavy (non-hydrogen) atoms. The molecule has 0 amide bonds. The summed E-state index contributed by atoms with van der Waals surface area (Å²) in [6, 6.07) is 8.12. The zero-order valence-electron chi connectivity index (χ0n) is 7.63. The highest BCUT2D eigenvalue weighted by atomic mass is 79.9. The first-order valence-electron chi connectivity index (χ1n) is 4.31. The van der Waals surface area contributed by atoms with Crippen molar-refractivity contribution in [1.82, 2.24) is 5.32 Å². The van der Waals surface area contributed by atoms with Gasteiger partial charge in [0.1, 0.15) is 0 Å². The molecule has 0 heterocycles. The minimum absolute atomic E-state index is 0.285. The van der Waals surface area contributed by atoms with Crippen molar-refractivity contribution in [3.8, 4) is 0 Å². The molecule has 0 saturated carbocycles. The fourth-order valence-electron chi connectivity index (χ4n) is 1.07. The fraction of sp³-hybridized carbons (Fsp3) is 0.400. The number of nitrogens with one attached hydrogen (secondary N) is 1. The van der Waals surface area contributed by atoms with Crippen LogP contribution in [0.25, 0.3) is 0 Å². The highest BCUT2D eigenvalue weighted by Crippen LogP contribution is 2.11. The van der Waals surface area contributed by atoms with Crippen LogP contribution in [0.3, 0.4) is 0 Å². The van der Waals surface area contributed by atoms with Gasteiger partial charge in [-0.05, 0) is 24.6 Å². The molecule has 0 spiro atoms. The van der Waals surface area contributed by atoms with Crippen molar-refractivity contribution >= 4 is 15.9 Å². The van der Waals surface area contributed by atoms with Crippen LogP contribution in [0.5, 0.6) is 0 Å². The van der Waals surface area contributed by atoms with E-state index in [2.05, 4.69) is 33.4 Å². The number of rotatable bonds is 4. The molecule has 1 aromatic rings. The van der Waals surface area contributed by atoms with Gasteiger partial charge in [0.05, 0.1) is 6.10 Å². The molecule has 2 N–H and O–H groups in total. The molecule has 0 bridgehead atoms. The average Bonchev–Trinajstić information content (AvgIpc) is 2.03. The minimum Gasteiger partial charge on any atom is -0.392 e. The first-order valence-corrected chi connectivity index (χ1v) is 5.11. The highest BCUT2D eigenvalue weighted by molar-refractivity contribution is 9.10. The largest absolute Gasteiger partial charge is 0.392 e. The van der Waals surface area contributed by atoms with Gasteiger partial charge in [-0.3, -0.25) is 0 Å². The van der Waals surface area contributed by atoms with E-state index in [0.717, 1.165) is 11.0 Å². The van der Waals surface area contributed by atoms with E-state index < -0.39 is 0 Å². The molecular weight excluding hydrogens is 230 g/mol. The fourth-order valence-corrected chi connectivity index (χ4v) is 1.52. The quantitative estimate of drug-likeness (QED) is 0.848. The summed E-state index contributed by atoms with van der Waals surface area (Å²) < 4.78 is 1.09. The summed E-state index contributed by atoms with van der Waals surface area (Å²) in [5.74, 6) is 0. The molecule has 72 valence electrons. The van der Waals surface area contributed by atoms with Crippen LogP contribution in [0.4, 0.5) is 0 Å². The van der Waals surface area contributed by atoms with E-state index in [9.17, 15) is 0 Å². The van der Waals surface area contributed by atoms with Gasteiger partial charge >= 0.3 is 0 Å². The number of aliphatic hydroxyl groups excluding tert-OH is 1. The van der Waals surface area contributed by atoms with Crippen LogP contribution in [0.15, 0.2) is 28.7 Å². The summed E-state index contributed by atoms with van der Waals surface area (Å²) in [7, 11) is 0. The van der Waals surface area contributed by atoms with Crippen molar-refractivity contribution in [3.05, 3.63) is 34.3 Å². The summed E-state index contributed by atoms with van der Waals surface area (Å²) in [5, 5.41) is 12.2. The van der Waals surface area contributed by atoms with Crippen molar-refractivity contribution in [2.45, 2.75) is 19.6 Å². The second-order valence-electron chi connectivity index (χ2n) is 3.11.